The smallest absolute Gasteiger partial charge is 0.331 e. The van der Waals surface area contributed by atoms with E-state index >= 15 is 0 Å². The van der Waals surface area contributed by atoms with E-state index in [1.165, 1.54) is 4.90 Å². The number of halogens is 1. The van der Waals surface area contributed by atoms with Crippen LogP contribution in [0.2, 0.25) is 0 Å². The summed E-state index contributed by atoms with van der Waals surface area (Å²) in [5.74, 6) is 0.00426. The zero-order valence-corrected chi connectivity index (χ0v) is 22.2. The van der Waals surface area contributed by atoms with Crippen LogP contribution in [0.15, 0.2) is 73.4 Å². The largest absolute Gasteiger partial charge is 0.457 e. The molecular weight excluding hydrogens is 533 g/mol. The van der Waals surface area contributed by atoms with Crippen molar-refractivity contribution in [2.24, 2.45) is 0 Å². The van der Waals surface area contributed by atoms with E-state index in [0.29, 0.717) is 33.1 Å². The van der Waals surface area contributed by atoms with E-state index in [0.717, 1.165) is 23.0 Å². The van der Waals surface area contributed by atoms with Gasteiger partial charge in [0.25, 0.3) is 5.91 Å². The van der Waals surface area contributed by atoms with Gasteiger partial charge in [0, 0.05) is 19.3 Å². The summed E-state index contributed by atoms with van der Waals surface area (Å²) >= 11 is 1.06. The van der Waals surface area contributed by atoms with E-state index in [2.05, 4.69) is 27.5 Å². The van der Waals surface area contributed by atoms with E-state index in [4.69, 9.17) is 4.74 Å². The highest BCUT2D eigenvalue weighted by molar-refractivity contribution is 7.21. The second-order valence-corrected chi connectivity index (χ2v) is 10.5. The maximum Gasteiger partial charge on any atom is 0.331 e. The van der Waals surface area contributed by atoms with Gasteiger partial charge >= 0.3 is 6.03 Å². The second-order valence-electron chi connectivity index (χ2n) is 9.54. The number of benzene rings is 2. The van der Waals surface area contributed by atoms with Crippen LogP contribution >= 0.6 is 11.3 Å². The molecule has 6 rings (SSSR count). The second kappa shape index (κ2) is 9.85. The maximum absolute atomic E-state index is 14.9. The molecule has 0 saturated carbocycles. The normalized spacial score (nSPS) is 19.8. The first-order chi connectivity index (χ1) is 19.3. The number of aryl methyl sites for hydroxylation is 1. The Kier molecular flexibility index (Phi) is 6.32. The van der Waals surface area contributed by atoms with Crippen LogP contribution in [-0.4, -0.2) is 47.5 Å². The van der Waals surface area contributed by atoms with Crippen molar-refractivity contribution in [1.29, 1.82) is 0 Å². The molecule has 2 aromatic carbocycles. The standard InChI is InChI=1S/C29H24FN5O4S/c1-3-22(36)29(15-31-14-21(29)30)34-26(37)25-24-23-20(11-12-32-27(23)40-25)35(28(38)33-24)19-10-9-18(13-16(19)2)39-17-7-5-4-6-8-17/h3-13,21,31H,1,14-15H2,2H3,(H,33,38)(H,34,37)/t21-,29-/m1/s1. The molecule has 40 heavy (non-hydrogen) atoms. The van der Waals surface area contributed by atoms with Gasteiger partial charge in [0.05, 0.1) is 22.4 Å². The van der Waals surface area contributed by atoms with Crippen molar-refractivity contribution < 1.29 is 23.5 Å². The minimum atomic E-state index is -1.77. The minimum absolute atomic E-state index is 0.0715. The van der Waals surface area contributed by atoms with Gasteiger partial charge in [0.2, 0.25) is 0 Å². The number of carbonyl (C=O) groups excluding carboxylic acids is 3. The van der Waals surface area contributed by atoms with Crippen molar-refractivity contribution in [3.63, 3.8) is 0 Å². The molecule has 4 heterocycles. The van der Waals surface area contributed by atoms with Crippen molar-refractivity contribution in [2.75, 3.05) is 23.3 Å². The molecule has 2 aliphatic heterocycles. The summed E-state index contributed by atoms with van der Waals surface area (Å²) in [7, 11) is 0. The van der Waals surface area contributed by atoms with Gasteiger partial charge in [-0.2, -0.15) is 0 Å². The van der Waals surface area contributed by atoms with Gasteiger partial charge in [-0.05, 0) is 55.0 Å². The zero-order valence-electron chi connectivity index (χ0n) is 21.4. The van der Waals surface area contributed by atoms with E-state index in [1.807, 2.05) is 43.3 Å². The Labute approximate surface area is 232 Å². The van der Waals surface area contributed by atoms with Gasteiger partial charge in [0.1, 0.15) is 32.9 Å². The first kappa shape index (κ1) is 25.7. The Hall–Kier alpha value is -4.61. The van der Waals surface area contributed by atoms with Crippen molar-refractivity contribution >= 4 is 56.3 Å². The molecule has 11 heteroatoms. The number of alkyl halides is 1. The molecular formula is C29H24FN5O4S. The molecule has 202 valence electrons. The third kappa shape index (κ3) is 4.10. The number of aromatic nitrogens is 1. The van der Waals surface area contributed by atoms with Crippen LogP contribution in [0, 0.1) is 6.92 Å². The van der Waals surface area contributed by atoms with Crippen LogP contribution in [0.1, 0.15) is 15.2 Å². The lowest BCUT2D eigenvalue weighted by molar-refractivity contribution is -0.121. The van der Waals surface area contributed by atoms with Crippen molar-refractivity contribution in [2.45, 2.75) is 18.6 Å². The predicted octanol–water partition coefficient (Wildman–Crippen LogP) is 5.25. The monoisotopic (exact) mass is 557 g/mol. The van der Waals surface area contributed by atoms with Crippen LogP contribution in [0.5, 0.6) is 11.5 Å². The van der Waals surface area contributed by atoms with E-state index < -0.39 is 29.4 Å². The first-order valence-electron chi connectivity index (χ1n) is 12.5. The van der Waals surface area contributed by atoms with Gasteiger partial charge in [0.15, 0.2) is 5.78 Å². The lowest BCUT2D eigenvalue weighted by Crippen LogP contribution is -2.60. The zero-order chi connectivity index (χ0) is 28.0. The number of pyridine rings is 1. The Morgan fingerprint density at radius 2 is 2.00 bits per heavy atom. The van der Waals surface area contributed by atoms with Crippen LogP contribution in [0.4, 0.5) is 26.2 Å². The quantitative estimate of drug-likeness (QED) is 0.268. The molecule has 2 aromatic heterocycles. The molecule has 0 spiro atoms. The molecule has 0 bridgehead atoms. The molecule has 3 amide bonds. The Morgan fingerprint density at radius 1 is 1.20 bits per heavy atom. The third-order valence-corrected chi connectivity index (χ3v) is 8.16. The number of para-hydroxylation sites is 1. The minimum Gasteiger partial charge on any atom is -0.457 e. The number of urea groups is 1. The molecule has 0 unspecified atom stereocenters. The molecule has 9 nitrogen and oxygen atoms in total. The number of hydrogen-bond donors (Lipinski definition) is 3. The van der Waals surface area contributed by atoms with Gasteiger partial charge < -0.3 is 20.7 Å². The molecule has 1 saturated heterocycles. The summed E-state index contributed by atoms with van der Waals surface area (Å²) in [6, 6.07) is 16.0. The highest BCUT2D eigenvalue weighted by Gasteiger charge is 2.50. The fourth-order valence-corrected chi connectivity index (χ4v) is 6.11. The number of carbonyl (C=O) groups is 3. The van der Waals surface area contributed by atoms with Crippen LogP contribution in [0.3, 0.4) is 0 Å². The average Bonchev–Trinajstić information content (AvgIpc) is 3.51. The SMILES string of the molecule is C=CC(=O)[C@@]1(NC(=O)c2sc3nccc4c3c2NC(=O)N4c2ccc(Oc3ccccc3)cc2C)CNC[C@H]1F. The molecule has 2 atom stereocenters. The highest BCUT2D eigenvalue weighted by atomic mass is 32.1. The molecule has 4 aromatic rings. The summed E-state index contributed by atoms with van der Waals surface area (Å²) in [5, 5.41) is 8.80. The fraction of sp³-hybridized carbons (Fsp3) is 0.172. The Balaban J connectivity index is 1.36. The lowest BCUT2D eigenvalue weighted by atomic mass is 9.91. The number of nitrogens with one attached hydrogen (secondary N) is 3. The number of thiophene rings is 1. The van der Waals surface area contributed by atoms with Gasteiger partial charge in [-0.3, -0.25) is 14.5 Å². The maximum atomic E-state index is 14.9. The topological polar surface area (TPSA) is 113 Å². The highest BCUT2D eigenvalue weighted by Crippen LogP contribution is 2.46. The third-order valence-electron chi connectivity index (χ3n) is 7.06. The van der Waals surface area contributed by atoms with E-state index in [-0.39, 0.29) is 23.7 Å². The number of amides is 3. The van der Waals surface area contributed by atoms with Crippen LogP contribution in [0.25, 0.3) is 10.2 Å². The predicted molar refractivity (Wildman–Crippen MR) is 152 cm³/mol. The van der Waals surface area contributed by atoms with Crippen LogP contribution in [-0.2, 0) is 4.79 Å². The fourth-order valence-electron chi connectivity index (χ4n) is 5.10. The Morgan fingerprint density at radius 3 is 2.70 bits per heavy atom. The van der Waals surface area contributed by atoms with Gasteiger partial charge in [-0.1, -0.05) is 24.8 Å². The van der Waals surface area contributed by atoms with E-state index in [1.54, 1.807) is 24.4 Å². The summed E-state index contributed by atoms with van der Waals surface area (Å²) < 4.78 is 20.8. The molecule has 0 aliphatic carbocycles. The number of hydrogen-bond acceptors (Lipinski definition) is 7. The summed E-state index contributed by atoms with van der Waals surface area (Å²) in [6.45, 7) is 5.19. The van der Waals surface area contributed by atoms with Crippen molar-refractivity contribution in [3.8, 4) is 11.5 Å². The van der Waals surface area contributed by atoms with Crippen molar-refractivity contribution in [3.05, 3.63) is 83.9 Å². The molecule has 1 fully saturated rings. The first-order valence-corrected chi connectivity index (χ1v) is 13.3. The Bertz CT molecular complexity index is 1690. The molecule has 2 aliphatic rings. The average molecular weight is 558 g/mol. The number of nitrogens with zero attached hydrogens (tertiary/aromatic N) is 2. The molecule has 3 N–H and O–H groups in total. The van der Waals surface area contributed by atoms with Crippen molar-refractivity contribution in [1.82, 2.24) is 15.6 Å². The molecule has 0 radical (unpaired) electrons. The summed E-state index contributed by atoms with van der Waals surface area (Å²) in [6.07, 6.45) is 0.935. The number of ketones is 1. The van der Waals surface area contributed by atoms with Gasteiger partial charge in [-0.25, -0.2) is 14.2 Å². The summed E-state index contributed by atoms with van der Waals surface area (Å²) in [4.78, 5) is 46.2. The van der Waals surface area contributed by atoms with E-state index in [9.17, 15) is 18.8 Å². The number of rotatable bonds is 7. The lowest BCUT2D eigenvalue weighted by Gasteiger charge is -2.30. The van der Waals surface area contributed by atoms with Crippen LogP contribution < -0.4 is 25.6 Å². The number of ether oxygens (including phenoxy) is 1. The summed E-state index contributed by atoms with van der Waals surface area (Å²) in [5.41, 5.74) is 0.454. The number of anilines is 3. The van der Waals surface area contributed by atoms with Gasteiger partial charge in [-0.15, -0.1) is 11.3 Å².